The molecular weight excluding hydrogens is 194 g/mol. The third-order valence-electron chi connectivity index (χ3n) is 1.06. The lowest BCUT2D eigenvalue weighted by Crippen LogP contribution is -1.93. The molecule has 1 amide bonds. The quantitative estimate of drug-likeness (QED) is 0.724. The lowest BCUT2D eigenvalue weighted by molar-refractivity contribution is 0.561. The average Bonchev–Trinajstić information content (AvgIpc) is 1.94. The zero-order valence-electron chi connectivity index (χ0n) is 5.10. The molecule has 0 saturated heterocycles. The van der Waals surface area contributed by atoms with Gasteiger partial charge < -0.3 is 5.32 Å². The van der Waals surface area contributed by atoms with Gasteiger partial charge in [-0.25, -0.2) is 0 Å². The van der Waals surface area contributed by atoms with Crippen LogP contribution in [0.5, 0.6) is 0 Å². The minimum Gasteiger partial charge on any atom is -0.317 e. The number of carbonyl (C=O) groups excluding carboxylic acids is 1. The summed E-state index contributed by atoms with van der Waals surface area (Å²) in [6.45, 7) is 0. The third-order valence-corrected chi connectivity index (χ3v) is 1.75. The standard InChI is InChI=1S/C7H5BrNO/c8-6-3-1-2-4-7(6)9-5-10/h1-4H,(H,9,10). The van der Waals surface area contributed by atoms with Crippen LogP contribution in [-0.4, -0.2) is 6.41 Å². The van der Waals surface area contributed by atoms with Crippen molar-refractivity contribution in [3.05, 3.63) is 28.7 Å². The van der Waals surface area contributed by atoms with Crippen LogP contribution < -0.4 is 5.32 Å². The second-order valence-electron chi connectivity index (χ2n) is 1.71. The van der Waals surface area contributed by atoms with Gasteiger partial charge in [0.05, 0.1) is 5.69 Å². The van der Waals surface area contributed by atoms with Gasteiger partial charge in [0, 0.05) is 4.47 Å². The molecule has 0 heterocycles. The van der Waals surface area contributed by atoms with Gasteiger partial charge in [-0.1, -0.05) is 12.1 Å². The van der Waals surface area contributed by atoms with Crippen LogP contribution in [0.2, 0.25) is 0 Å². The van der Waals surface area contributed by atoms with Gasteiger partial charge in [-0.3, -0.25) is 4.79 Å². The molecule has 1 N–H and O–H groups in total. The highest BCUT2D eigenvalue weighted by Crippen LogP contribution is 2.19. The predicted molar refractivity (Wildman–Crippen MR) is 43.5 cm³/mol. The summed E-state index contributed by atoms with van der Waals surface area (Å²) in [5, 5.41) is 2.42. The smallest absolute Gasteiger partial charge is 0.314 e. The first kappa shape index (κ1) is 7.28. The Morgan fingerprint density at radius 2 is 2.10 bits per heavy atom. The molecule has 0 aliphatic heterocycles. The minimum atomic E-state index is 0.734. The van der Waals surface area contributed by atoms with Crippen molar-refractivity contribution in [1.29, 1.82) is 0 Å². The van der Waals surface area contributed by atoms with E-state index in [-0.39, 0.29) is 0 Å². The molecule has 0 aliphatic carbocycles. The van der Waals surface area contributed by atoms with Crippen molar-refractivity contribution < 1.29 is 4.79 Å². The number of benzene rings is 1. The van der Waals surface area contributed by atoms with Crippen molar-refractivity contribution in [2.75, 3.05) is 5.32 Å². The van der Waals surface area contributed by atoms with Crippen molar-refractivity contribution >= 4 is 28.0 Å². The van der Waals surface area contributed by atoms with Crippen LogP contribution in [0.1, 0.15) is 0 Å². The van der Waals surface area contributed by atoms with Gasteiger partial charge in [-0.15, -0.1) is 0 Å². The summed E-state index contributed by atoms with van der Waals surface area (Å²) in [4.78, 5) is 9.87. The Labute approximate surface area is 67.4 Å². The SMILES string of the molecule is O=[C]Nc1ccccc1Br. The maximum Gasteiger partial charge on any atom is 0.314 e. The van der Waals surface area contributed by atoms with Crippen LogP contribution >= 0.6 is 15.9 Å². The maximum absolute atomic E-state index is 9.87. The Hall–Kier alpha value is -0.830. The van der Waals surface area contributed by atoms with Crippen molar-refractivity contribution in [1.82, 2.24) is 0 Å². The number of hydrogen-bond acceptors (Lipinski definition) is 1. The highest BCUT2D eigenvalue weighted by atomic mass is 79.9. The van der Waals surface area contributed by atoms with E-state index in [0.717, 1.165) is 10.2 Å². The second kappa shape index (κ2) is 3.37. The molecular formula is C7H5BrNO. The molecule has 0 saturated carbocycles. The molecule has 0 aliphatic rings. The van der Waals surface area contributed by atoms with E-state index in [2.05, 4.69) is 21.2 Å². The lowest BCUT2D eigenvalue weighted by Gasteiger charge is -1.98. The minimum absolute atomic E-state index is 0.734. The summed E-state index contributed by atoms with van der Waals surface area (Å²) in [5.74, 6) is 0. The van der Waals surface area contributed by atoms with E-state index in [1.54, 1.807) is 12.5 Å². The third kappa shape index (κ3) is 1.57. The molecule has 51 valence electrons. The van der Waals surface area contributed by atoms with Crippen LogP contribution in [-0.2, 0) is 4.79 Å². The number of para-hydroxylation sites is 1. The summed E-state index contributed by atoms with van der Waals surface area (Å²) in [6, 6.07) is 7.35. The van der Waals surface area contributed by atoms with Gasteiger partial charge in [0.25, 0.3) is 0 Å². The molecule has 10 heavy (non-hydrogen) atoms. The molecule has 1 aromatic carbocycles. The number of halogens is 1. The molecule has 0 bridgehead atoms. The van der Waals surface area contributed by atoms with E-state index >= 15 is 0 Å². The topological polar surface area (TPSA) is 29.1 Å². The Morgan fingerprint density at radius 3 is 2.70 bits per heavy atom. The van der Waals surface area contributed by atoms with Crippen molar-refractivity contribution in [2.45, 2.75) is 0 Å². The second-order valence-corrected chi connectivity index (χ2v) is 2.56. The van der Waals surface area contributed by atoms with Gasteiger partial charge in [0.15, 0.2) is 0 Å². The monoisotopic (exact) mass is 198 g/mol. The van der Waals surface area contributed by atoms with Crippen molar-refractivity contribution in [3.8, 4) is 0 Å². The van der Waals surface area contributed by atoms with Crippen LogP contribution in [0.4, 0.5) is 5.69 Å². The Morgan fingerprint density at radius 1 is 1.40 bits per heavy atom. The fourth-order valence-electron chi connectivity index (χ4n) is 0.618. The molecule has 0 spiro atoms. The average molecular weight is 199 g/mol. The molecule has 3 heteroatoms. The highest BCUT2D eigenvalue weighted by Gasteiger charge is 1.93. The zero-order valence-corrected chi connectivity index (χ0v) is 6.68. The summed E-state index contributed by atoms with van der Waals surface area (Å²) >= 11 is 3.26. The van der Waals surface area contributed by atoms with Crippen molar-refractivity contribution in [3.63, 3.8) is 0 Å². The summed E-state index contributed by atoms with van der Waals surface area (Å²) in [5.41, 5.74) is 0.734. The van der Waals surface area contributed by atoms with Crippen molar-refractivity contribution in [2.24, 2.45) is 0 Å². The summed E-state index contributed by atoms with van der Waals surface area (Å²) in [6.07, 6.45) is 1.59. The van der Waals surface area contributed by atoms with Gasteiger partial charge in [0.2, 0.25) is 0 Å². The van der Waals surface area contributed by atoms with Gasteiger partial charge in [0.1, 0.15) is 0 Å². The van der Waals surface area contributed by atoms with Gasteiger partial charge in [-0.2, -0.15) is 0 Å². The van der Waals surface area contributed by atoms with Gasteiger partial charge in [-0.05, 0) is 28.1 Å². The molecule has 1 rings (SSSR count). The van der Waals surface area contributed by atoms with E-state index in [1.165, 1.54) is 0 Å². The molecule has 0 fully saturated rings. The van der Waals surface area contributed by atoms with E-state index in [4.69, 9.17) is 0 Å². The molecule has 2 nitrogen and oxygen atoms in total. The van der Waals surface area contributed by atoms with E-state index in [0.29, 0.717) is 0 Å². The highest BCUT2D eigenvalue weighted by molar-refractivity contribution is 9.10. The first-order chi connectivity index (χ1) is 4.84. The largest absolute Gasteiger partial charge is 0.317 e. The Bertz CT molecular complexity index is 237. The maximum atomic E-state index is 9.87. The summed E-state index contributed by atoms with van der Waals surface area (Å²) in [7, 11) is 0. The van der Waals surface area contributed by atoms with Gasteiger partial charge >= 0.3 is 6.41 Å². The summed E-state index contributed by atoms with van der Waals surface area (Å²) < 4.78 is 0.860. The number of rotatable bonds is 2. The normalized spacial score (nSPS) is 8.90. The number of amides is 1. The molecule has 0 atom stereocenters. The predicted octanol–water partition coefficient (Wildman–Crippen LogP) is 1.93. The first-order valence-corrected chi connectivity index (χ1v) is 3.51. The van der Waals surface area contributed by atoms with E-state index < -0.39 is 0 Å². The van der Waals surface area contributed by atoms with E-state index in [1.807, 2.05) is 18.2 Å². The molecule has 1 radical (unpaired) electrons. The fourth-order valence-corrected chi connectivity index (χ4v) is 1.00. The number of anilines is 1. The Balaban J connectivity index is 2.91. The van der Waals surface area contributed by atoms with Crippen LogP contribution in [0.25, 0.3) is 0 Å². The number of hydrogen-bond donors (Lipinski definition) is 1. The zero-order chi connectivity index (χ0) is 7.40. The van der Waals surface area contributed by atoms with Crippen LogP contribution in [0, 0.1) is 0 Å². The molecule has 0 unspecified atom stereocenters. The Kier molecular flexibility index (Phi) is 2.45. The van der Waals surface area contributed by atoms with Crippen LogP contribution in [0.3, 0.4) is 0 Å². The number of nitrogens with one attached hydrogen (secondary N) is 1. The lowest BCUT2D eigenvalue weighted by atomic mass is 10.3. The first-order valence-electron chi connectivity index (χ1n) is 2.72. The molecule has 0 aromatic heterocycles. The molecule has 1 aromatic rings. The van der Waals surface area contributed by atoms with Crippen LogP contribution in [0.15, 0.2) is 28.7 Å². The fraction of sp³-hybridized carbons (Fsp3) is 0. The van der Waals surface area contributed by atoms with E-state index in [9.17, 15) is 4.79 Å².